The Morgan fingerprint density at radius 3 is 2.30 bits per heavy atom. The third-order valence-electron chi connectivity index (χ3n) is 3.82. The zero-order chi connectivity index (χ0) is 19.1. The van der Waals surface area contributed by atoms with E-state index in [4.69, 9.17) is 9.15 Å². The average Bonchev–Trinajstić information content (AvgIpc) is 3.17. The number of nitrogens with zero attached hydrogens (tertiary/aromatic N) is 1. The number of hydrogen-bond acceptors (Lipinski definition) is 4. The van der Waals surface area contributed by atoms with Gasteiger partial charge in [0.15, 0.2) is 0 Å². The van der Waals surface area contributed by atoms with Crippen molar-refractivity contribution in [2.45, 2.75) is 13.5 Å². The maximum Gasteiger partial charge on any atom is 0.244 e. The van der Waals surface area contributed by atoms with Crippen molar-refractivity contribution in [1.29, 1.82) is 0 Å². The highest BCUT2D eigenvalue weighted by molar-refractivity contribution is 5.94. The van der Waals surface area contributed by atoms with Gasteiger partial charge in [0.25, 0.3) is 0 Å². The molecule has 0 saturated carbocycles. The van der Waals surface area contributed by atoms with Crippen LogP contribution in [0.25, 0.3) is 0 Å². The van der Waals surface area contributed by atoms with Crippen LogP contribution in [0.2, 0.25) is 0 Å². The highest BCUT2D eigenvalue weighted by atomic mass is 16.5. The SMILES string of the molecule is CC(=O)N(CC(=O)Nc1ccc(Oc2ccccc2)cc1)Cc1ccco1. The number of carbonyl (C=O) groups is 2. The second-order valence-electron chi connectivity index (χ2n) is 5.94. The van der Waals surface area contributed by atoms with Crippen molar-refractivity contribution in [2.24, 2.45) is 0 Å². The normalized spacial score (nSPS) is 10.3. The molecule has 2 aromatic carbocycles. The zero-order valence-electron chi connectivity index (χ0n) is 14.9. The molecule has 6 heteroatoms. The summed E-state index contributed by atoms with van der Waals surface area (Å²) in [5, 5.41) is 2.78. The van der Waals surface area contributed by atoms with Gasteiger partial charge in [0.1, 0.15) is 23.8 Å². The Morgan fingerprint density at radius 2 is 1.67 bits per heavy atom. The summed E-state index contributed by atoms with van der Waals surface area (Å²) in [7, 11) is 0. The van der Waals surface area contributed by atoms with E-state index < -0.39 is 0 Å². The number of nitrogens with one attached hydrogen (secondary N) is 1. The third kappa shape index (κ3) is 5.47. The van der Waals surface area contributed by atoms with Gasteiger partial charge in [0, 0.05) is 12.6 Å². The van der Waals surface area contributed by atoms with Gasteiger partial charge in [0.2, 0.25) is 11.8 Å². The Kier molecular flexibility index (Phi) is 5.89. The summed E-state index contributed by atoms with van der Waals surface area (Å²) in [5.41, 5.74) is 0.627. The first kappa shape index (κ1) is 18.3. The van der Waals surface area contributed by atoms with Gasteiger partial charge in [-0.3, -0.25) is 9.59 Å². The number of hydrogen-bond donors (Lipinski definition) is 1. The molecule has 0 radical (unpaired) electrons. The summed E-state index contributed by atoms with van der Waals surface area (Å²) < 4.78 is 11.0. The number of amides is 2. The minimum Gasteiger partial charge on any atom is -0.467 e. The second-order valence-corrected chi connectivity index (χ2v) is 5.94. The van der Waals surface area contributed by atoms with Crippen molar-refractivity contribution in [3.05, 3.63) is 78.8 Å². The van der Waals surface area contributed by atoms with Gasteiger partial charge >= 0.3 is 0 Å². The monoisotopic (exact) mass is 364 g/mol. The van der Waals surface area contributed by atoms with Crippen LogP contribution in [0.3, 0.4) is 0 Å². The van der Waals surface area contributed by atoms with Crippen molar-refractivity contribution < 1.29 is 18.7 Å². The standard InChI is InChI=1S/C21H20N2O4/c1-16(24)23(14-20-8-5-13-26-20)15-21(25)22-17-9-11-19(12-10-17)27-18-6-3-2-4-7-18/h2-13H,14-15H2,1H3,(H,22,25). The van der Waals surface area contributed by atoms with Crippen LogP contribution in [-0.2, 0) is 16.1 Å². The van der Waals surface area contributed by atoms with Gasteiger partial charge in [0.05, 0.1) is 12.8 Å². The fraction of sp³-hybridized carbons (Fsp3) is 0.143. The van der Waals surface area contributed by atoms with E-state index in [-0.39, 0.29) is 24.9 Å². The molecule has 3 rings (SSSR count). The van der Waals surface area contributed by atoms with Crippen molar-refractivity contribution in [3.63, 3.8) is 0 Å². The van der Waals surface area contributed by atoms with E-state index >= 15 is 0 Å². The second kappa shape index (κ2) is 8.71. The first-order valence-corrected chi connectivity index (χ1v) is 8.51. The molecule has 1 heterocycles. The highest BCUT2D eigenvalue weighted by Gasteiger charge is 2.15. The predicted molar refractivity (Wildman–Crippen MR) is 101 cm³/mol. The Labute approximate surface area is 157 Å². The summed E-state index contributed by atoms with van der Waals surface area (Å²) in [6.45, 7) is 1.61. The molecule has 1 aromatic heterocycles. The van der Waals surface area contributed by atoms with E-state index in [0.29, 0.717) is 17.2 Å². The molecule has 0 saturated heterocycles. The van der Waals surface area contributed by atoms with Crippen LogP contribution in [0.15, 0.2) is 77.4 Å². The van der Waals surface area contributed by atoms with E-state index in [2.05, 4.69) is 5.32 Å². The number of benzene rings is 2. The number of anilines is 1. The average molecular weight is 364 g/mol. The molecule has 6 nitrogen and oxygen atoms in total. The molecule has 27 heavy (non-hydrogen) atoms. The lowest BCUT2D eigenvalue weighted by Crippen LogP contribution is -2.36. The van der Waals surface area contributed by atoms with Crippen LogP contribution in [0.4, 0.5) is 5.69 Å². The lowest BCUT2D eigenvalue weighted by atomic mass is 10.3. The molecule has 0 aliphatic rings. The van der Waals surface area contributed by atoms with Crippen LogP contribution >= 0.6 is 0 Å². The molecule has 1 N–H and O–H groups in total. The quantitative estimate of drug-likeness (QED) is 0.686. The minimum atomic E-state index is -0.284. The summed E-state index contributed by atoms with van der Waals surface area (Å²) >= 11 is 0. The van der Waals surface area contributed by atoms with Crippen molar-refractivity contribution in [1.82, 2.24) is 4.90 Å². The van der Waals surface area contributed by atoms with Gasteiger partial charge in [-0.1, -0.05) is 18.2 Å². The van der Waals surface area contributed by atoms with Crippen LogP contribution < -0.4 is 10.1 Å². The fourth-order valence-electron chi connectivity index (χ4n) is 2.47. The molecule has 0 bridgehead atoms. The maximum atomic E-state index is 12.3. The largest absolute Gasteiger partial charge is 0.467 e. The molecule has 0 spiro atoms. The number of furan rings is 1. The van der Waals surface area contributed by atoms with Gasteiger partial charge in [-0.05, 0) is 48.5 Å². The molecule has 0 aliphatic carbocycles. The molecule has 0 unspecified atom stereocenters. The fourth-order valence-corrected chi connectivity index (χ4v) is 2.47. The predicted octanol–water partition coefficient (Wildman–Crippen LogP) is 4.06. The molecule has 0 aliphatic heterocycles. The maximum absolute atomic E-state index is 12.3. The van der Waals surface area contributed by atoms with Gasteiger partial charge < -0.3 is 19.4 Å². The van der Waals surface area contributed by atoms with E-state index in [1.807, 2.05) is 30.3 Å². The Morgan fingerprint density at radius 1 is 0.963 bits per heavy atom. The van der Waals surface area contributed by atoms with Gasteiger partial charge in [-0.2, -0.15) is 0 Å². The van der Waals surface area contributed by atoms with E-state index in [9.17, 15) is 9.59 Å². The summed E-state index contributed by atoms with van der Waals surface area (Å²) in [4.78, 5) is 25.4. The van der Waals surface area contributed by atoms with E-state index in [1.165, 1.54) is 18.1 Å². The van der Waals surface area contributed by atoms with Gasteiger partial charge in [-0.15, -0.1) is 0 Å². The topological polar surface area (TPSA) is 71.8 Å². The Bertz CT molecular complexity index is 874. The molecule has 2 amide bonds. The first-order valence-electron chi connectivity index (χ1n) is 8.51. The molecule has 0 fully saturated rings. The summed E-state index contributed by atoms with van der Waals surface area (Å²) in [5.74, 6) is 1.55. The Hall–Kier alpha value is -3.54. The number of carbonyl (C=O) groups excluding carboxylic acids is 2. The third-order valence-corrected chi connectivity index (χ3v) is 3.82. The smallest absolute Gasteiger partial charge is 0.244 e. The minimum absolute atomic E-state index is 0.0572. The van der Waals surface area contributed by atoms with Crippen molar-refractivity contribution in [2.75, 3.05) is 11.9 Å². The van der Waals surface area contributed by atoms with E-state index in [0.717, 1.165) is 5.75 Å². The lowest BCUT2D eigenvalue weighted by molar-refractivity contribution is -0.133. The van der Waals surface area contributed by atoms with Gasteiger partial charge in [-0.25, -0.2) is 0 Å². The molecular formula is C21H20N2O4. The first-order chi connectivity index (χ1) is 13.1. The van der Waals surface area contributed by atoms with Crippen LogP contribution in [-0.4, -0.2) is 23.3 Å². The highest BCUT2D eigenvalue weighted by Crippen LogP contribution is 2.22. The van der Waals surface area contributed by atoms with Crippen LogP contribution in [0, 0.1) is 0 Å². The van der Waals surface area contributed by atoms with E-state index in [1.54, 1.807) is 36.4 Å². The number of para-hydroxylation sites is 1. The molecule has 3 aromatic rings. The summed E-state index contributed by atoms with van der Waals surface area (Å²) in [6, 6.07) is 20.0. The van der Waals surface area contributed by atoms with Crippen molar-refractivity contribution in [3.8, 4) is 11.5 Å². The van der Waals surface area contributed by atoms with Crippen LogP contribution in [0.1, 0.15) is 12.7 Å². The number of ether oxygens (including phenoxy) is 1. The van der Waals surface area contributed by atoms with Crippen molar-refractivity contribution >= 4 is 17.5 Å². The zero-order valence-corrected chi connectivity index (χ0v) is 14.9. The summed E-state index contributed by atoms with van der Waals surface area (Å²) in [6.07, 6.45) is 1.53. The number of rotatable bonds is 7. The Balaban J connectivity index is 1.55. The lowest BCUT2D eigenvalue weighted by Gasteiger charge is -2.19. The molecule has 0 atom stereocenters. The van der Waals surface area contributed by atoms with Crippen LogP contribution in [0.5, 0.6) is 11.5 Å². The molecule has 138 valence electrons. The molecular weight excluding hydrogens is 344 g/mol.